The molecule has 7 heteroatoms. The Kier molecular flexibility index (Phi) is 11.8. The molecule has 0 fully saturated rings. The van der Waals surface area contributed by atoms with Crippen LogP contribution in [0, 0.1) is 0 Å². The van der Waals surface area contributed by atoms with E-state index in [1.807, 2.05) is 38.1 Å². The van der Waals surface area contributed by atoms with Gasteiger partial charge in [-0.25, -0.2) is 4.79 Å². The summed E-state index contributed by atoms with van der Waals surface area (Å²) in [4.78, 5) is 40.9. The topological polar surface area (TPSA) is 87.7 Å². The number of carbonyl (C=O) groups is 3. The average molecular weight is 474 g/mol. The number of amides is 3. The van der Waals surface area contributed by atoms with Gasteiger partial charge in [0.15, 0.2) is 0 Å². The van der Waals surface area contributed by atoms with Gasteiger partial charge in [0.1, 0.15) is 17.7 Å². The minimum absolute atomic E-state index is 0.0908. The molecule has 0 saturated heterocycles. The summed E-state index contributed by atoms with van der Waals surface area (Å²) in [7, 11) is 0. The number of hydrogen-bond acceptors (Lipinski definition) is 4. The molecule has 2 unspecified atom stereocenters. The molecule has 34 heavy (non-hydrogen) atoms. The highest BCUT2D eigenvalue weighted by Gasteiger charge is 2.34. The zero-order chi connectivity index (χ0) is 25.9. The molecule has 3 amide bonds. The summed E-state index contributed by atoms with van der Waals surface area (Å²) in [5, 5.41) is 5.58. The summed E-state index contributed by atoms with van der Waals surface area (Å²) in [5.74, 6) is -0.597. The van der Waals surface area contributed by atoms with Crippen molar-refractivity contribution in [2.24, 2.45) is 0 Å². The van der Waals surface area contributed by atoms with Crippen LogP contribution in [0.25, 0.3) is 6.08 Å². The third-order valence-corrected chi connectivity index (χ3v) is 5.09. The molecule has 0 aliphatic rings. The number of rotatable bonds is 12. The van der Waals surface area contributed by atoms with Crippen LogP contribution in [0.15, 0.2) is 30.8 Å². The first-order valence-corrected chi connectivity index (χ1v) is 12.2. The predicted octanol–water partition coefficient (Wildman–Crippen LogP) is 5.22. The number of hydrogen-bond donors (Lipinski definition) is 2. The molecule has 0 aliphatic carbocycles. The quantitative estimate of drug-likeness (QED) is 0.408. The van der Waals surface area contributed by atoms with Crippen LogP contribution >= 0.6 is 0 Å². The monoisotopic (exact) mass is 473 g/mol. The smallest absolute Gasteiger partial charge is 0.408 e. The van der Waals surface area contributed by atoms with Crippen molar-refractivity contribution in [2.75, 3.05) is 6.54 Å². The van der Waals surface area contributed by atoms with Gasteiger partial charge in [0.25, 0.3) is 0 Å². The van der Waals surface area contributed by atoms with Gasteiger partial charge < -0.3 is 20.3 Å². The van der Waals surface area contributed by atoms with Gasteiger partial charge >= 0.3 is 6.09 Å². The Morgan fingerprint density at radius 1 is 1.09 bits per heavy atom. The number of carbonyl (C=O) groups excluding carboxylic acids is 3. The highest BCUT2D eigenvalue weighted by Crippen LogP contribution is 2.25. The van der Waals surface area contributed by atoms with Gasteiger partial charge in [0.2, 0.25) is 11.8 Å². The molecular weight excluding hydrogens is 430 g/mol. The van der Waals surface area contributed by atoms with Gasteiger partial charge in [-0.2, -0.15) is 0 Å². The number of nitrogens with zero attached hydrogens (tertiary/aromatic N) is 1. The maximum absolute atomic E-state index is 13.6. The fourth-order valence-corrected chi connectivity index (χ4v) is 3.56. The Morgan fingerprint density at radius 3 is 2.32 bits per heavy atom. The van der Waals surface area contributed by atoms with Crippen molar-refractivity contribution in [1.82, 2.24) is 15.5 Å². The van der Waals surface area contributed by atoms with E-state index in [0.717, 1.165) is 31.2 Å². The van der Waals surface area contributed by atoms with Crippen molar-refractivity contribution >= 4 is 24.0 Å². The van der Waals surface area contributed by atoms with E-state index in [1.165, 1.54) is 0 Å². The molecule has 190 valence electrons. The molecule has 0 heterocycles. The minimum atomic E-state index is -0.863. The Morgan fingerprint density at radius 2 is 1.76 bits per heavy atom. The van der Waals surface area contributed by atoms with Crippen LogP contribution in [0.3, 0.4) is 0 Å². The summed E-state index contributed by atoms with van der Waals surface area (Å²) in [5.41, 5.74) is 0.874. The number of benzene rings is 1. The molecule has 1 aromatic carbocycles. The molecule has 2 atom stereocenters. The van der Waals surface area contributed by atoms with Crippen LogP contribution in [-0.2, 0) is 14.3 Å². The van der Waals surface area contributed by atoms with Gasteiger partial charge in [-0.15, -0.1) is 0 Å². The average Bonchev–Trinajstić information content (AvgIpc) is 2.73. The Hall–Kier alpha value is -2.83. The predicted molar refractivity (Wildman–Crippen MR) is 137 cm³/mol. The Balaban J connectivity index is 3.33. The molecule has 1 aromatic rings. The van der Waals surface area contributed by atoms with E-state index in [1.54, 1.807) is 38.7 Å². The molecule has 0 aliphatic heterocycles. The summed E-state index contributed by atoms with van der Waals surface area (Å²) >= 11 is 0. The normalized spacial score (nSPS) is 13.1. The first-order valence-electron chi connectivity index (χ1n) is 12.2. The van der Waals surface area contributed by atoms with Crippen molar-refractivity contribution in [3.05, 3.63) is 42.0 Å². The highest BCUT2D eigenvalue weighted by molar-refractivity contribution is 5.92. The second-order valence-electron chi connectivity index (χ2n) is 9.90. The second kappa shape index (κ2) is 13.8. The van der Waals surface area contributed by atoms with E-state index < -0.39 is 23.8 Å². The highest BCUT2D eigenvalue weighted by atomic mass is 16.6. The fraction of sp³-hybridized carbons (Fsp3) is 0.593. The first kappa shape index (κ1) is 29.2. The SMILES string of the molecule is C=Cc1cccc(C(C(=O)NC(C)C)N(CCCCCC)C(=O)C(C)NC(=O)OC(C)(C)C)c1. The molecule has 0 aromatic heterocycles. The molecule has 2 N–H and O–H groups in total. The number of nitrogens with one attached hydrogen (secondary N) is 2. The van der Waals surface area contributed by atoms with Gasteiger partial charge in [0, 0.05) is 12.6 Å². The van der Waals surface area contributed by atoms with Crippen LogP contribution in [0.4, 0.5) is 4.79 Å². The van der Waals surface area contributed by atoms with Crippen LogP contribution in [-0.4, -0.2) is 47.0 Å². The van der Waals surface area contributed by atoms with Crippen LogP contribution in [0.2, 0.25) is 0 Å². The lowest BCUT2D eigenvalue weighted by molar-refractivity contribution is -0.142. The molecule has 0 saturated carbocycles. The molecular formula is C27H43N3O4. The van der Waals surface area contributed by atoms with Crippen molar-refractivity contribution in [3.63, 3.8) is 0 Å². The van der Waals surface area contributed by atoms with Gasteiger partial charge in [0.05, 0.1) is 0 Å². The minimum Gasteiger partial charge on any atom is -0.444 e. The van der Waals surface area contributed by atoms with Crippen LogP contribution < -0.4 is 10.6 Å². The zero-order valence-electron chi connectivity index (χ0n) is 21.9. The molecule has 0 bridgehead atoms. The van der Waals surface area contributed by atoms with Crippen molar-refractivity contribution < 1.29 is 19.1 Å². The number of ether oxygens (including phenoxy) is 1. The van der Waals surface area contributed by atoms with E-state index in [9.17, 15) is 14.4 Å². The molecule has 0 radical (unpaired) electrons. The molecule has 1 rings (SSSR count). The van der Waals surface area contributed by atoms with E-state index in [4.69, 9.17) is 4.74 Å². The third kappa shape index (κ3) is 9.98. The summed E-state index contributed by atoms with van der Waals surface area (Å²) in [6.07, 6.45) is 4.84. The third-order valence-electron chi connectivity index (χ3n) is 5.09. The summed E-state index contributed by atoms with van der Waals surface area (Å²) in [6.45, 7) is 17.0. The van der Waals surface area contributed by atoms with Crippen LogP contribution in [0.5, 0.6) is 0 Å². The molecule has 0 spiro atoms. The van der Waals surface area contributed by atoms with E-state index in [-0.39, 0.29) is 17.9 Å². The first-order chi connectivity index (χ1) is 15.9. The molecule has 7 nitrogen and oxygen atoms in total. The lowest BCUT2D eigenvalue weighted by Gasteiger charge is -2.34. The maximum atomic E-state index is 13.6. The standard InChI is InChI=1S/C27H43N3O4/c1-9-11-12-13-17-30(25(32)20(5)29-26(33)34-27(6,7)8)23(24(31)28-19(3)4)22-16-14-15-21(10-2)18-22/h10,14-16,18-20,23H,2,9,11-13,17H2,1,3-8H3,(H,28,31)(H,29,33). The van der Waals surface area contributed by atoms with Gasteiger partial charge in [-0.05, 0) is 65.2 Å². The zero-order valence-corrected chi connectivity index (χ0v) is 21.9. The van der Waals surface area contributed by atoms with E-state index in [2.05, 4.69) is 24.1 Å². The lowest BCUT2D eigenvalue weighted by Crippen LogP contribution is -2.52. The van der Waals surface area contributed by atoms with Crippen molar-refractivity contribution in [2.45, 2.75) is 97.9 Å². The second-order valence-corrected chi connectivity index (χ2v) is 9.90. The van der Waals surface area contributed by atoms with Crippen molar-refractivity contribution in [3.8, 4) is 0 Å². The van der Waals surface area contributed by atoms with E-state index >= 15 is 0 Å². The largest absolute Gasteiger partial charge is 0.444 e. The maximum Gasteiger partial charge on any atom is 0.408 e. The summed E-state index contributed by atoms with van der Waals surface area (Å²) in [6, 6.07) is 5.67. The Bertz CT molecular complexity index is 829. The Labute approximate surface area is 205 Å². The van der Waals surface area contributed by atoms with Gasteiger partial charge in [-0.3, -0.25) is 9.59 Å². The lowest BCUT2D eigenvalue weighted by atomic mass is 9.99. The van der Waals surface area contributed by atoms with Crippen LogP contribution in [0.1, 0.15) is 91.3 Å². The fourth-order valence-electron chi connectivity index (χ4n) is 3.56. The number of unbranched alkanes of at least 4 members (excludes halogenated alkanes) is 3. The van der Waals surface area contributed by atoms with Gasteiger partial charge in [-0.1, -0.05) is 57.0 Å². The summed E-state index contributed by atoms with van der Waals surface area (Å²) < 4.78 is 5.32. The number of alkyl carbamates (subject to hydrolysis) is 1. The van der Waals surface area contributed by atoms with Crippen molar-refractivity contribution in [1.29, 1.82) is 0 Å². The van der Waals surface area contributed by atoms with E-state index in [0.29, 0.717) is 12.1 Å².